The van der Waals surface area contributed by atoms with Crippen LogP contribution in [0.2, 0.25) is 5.02 Å². The molecule has 1 unspecified atom stereocenters. The number of benzene rings is 1. The van der Waals surface area contributed by atoms with E-state index in [0.29, 0.717) is 12.1 Å². The van der Waals surface area contributed by atoms with Gasteiger partial charge in [0, 0.05) is 17.6 Å². The van der Waals surface area contributed by atoms with Crippen LogP contribution in [-0.2, 0) is 0 Å². The Labute approximate surface area is 101 Å². The predicted molar refractivity (Wildman–Crippen MR) is 65.8 cm³/mol. The molecule has 4 heteroatoms. The Morgan fingerprint density at radius 3 is 2.56 bits per heavy atom. The van der Waals surface area contributed by atoms with Crippen molar-refractivity contribution in [2.75, 3.05) is 6.54 Å². The van der Waals surface area contributed by atoms with Gasteiger partial charge < -0.3 is 15.5 Å². The molecular formula is C12H18ClNO2. The molecule has 1 aromatic carbocycles. The van der Waals surface area contributed by atoms with Crippen molar-refractivity contribution in [2.45, 2.75) is 32.4 Å². The molecule has 1 atom stereocenters. The number of aromatic hydroxyl groups is 1. The van der Waals surface area contributed by atoms with Crippen LogP contribution in [0.15, 0.2) is 18.2 Å². The van der Waals surface area contributed by atoms with Crippen LogP contribution in [0.5, 0.6) is 5.75 Å². The third-order valence-electron chi connectivity index (χ3n) is 2.19. The number of halogens is 1. The Hall–Kier alpha value is -0.770. The number of phenolic OH excluding ortho intramolecular Hbond substituents is 1. The predicted octanol–water partition coefficient (Wildman–Crippen LogP) is 2.47. The van der Waals surface area contributed by atoms with Gasteiger partial charge in [-0.25, -0.2) is 0 Å². The van der Waals surface area contributed by atoms with Crippen LogP contribution < -0.4 is 5.32 Å². The number of rotatable bonds is 3. The fourth-order valence-electron chi connectivity index (χ4n) is 1.31. The number of β-amino-alcohol motifs (C(OH)–C–C–N with tert-alkyl or cyclic N) is 1. The lowest BCUT2D eigenvalue weighted by molar-refractivity contribution is 0.163. The number of nitrogens with one attached hydrogen (secondary N) is 1. The fraction of sp³-hybridized carbons (Fsp3) is 0.500. The van der Waals surface area contributed by atoms with E-state index in [4.69, 9.17) is 11.6 Å². The van der Waals surface area contributed by atoms with E-state index < -0.39 is 6.10 Å². The molecule has 0 aromatic heterocycles. The van der Waals surface area contributed by atoms with Crippen LogP contribution in [0.4, 0.5) is 0 Å². The Morgan fingerprint density at radius 1 is 1.38 bits per heavy atom. The van der Waals surface area contributed by atoms with E-state index in [1.807, 2.05) is 20.8 Å². The van der Waals surface area contributed by atoms with E-state index >= 15 is 0 Å². The van der Waals surface area contributed by atoms with Crippen molar-refractivity contribution < 1.29 is 10.2 Å². The summed E-state index contributed by atoms with van der Waals surface area (Å²) in [6.07, 6.45) is -0.723. The lowest BCUT2D eigenvalue weighted by atomic mass is 10.1. The lowest BCUT2D eigenvalue weighted by Gasteiger charge is -2.23. The smallest absolute Gasteiger partial charge is 0.134 e. The maximum absolute atomic E-state index is 9.93. The summed E-state index contributed by atoms with van der Waals surface area (Å²) in [5, 5.41) is 22.7. The van der Waals surface area contributed by atoms with E-state index in [1.165, 1.54) is 6.07 Å². The molecule has 0 spiro atoms. The quantitative estimate of drug-likeness (QED) is 0.765. The molecule has 1 rings (SSSR count). The van der Waals surface area contributed by atoms with Crippen LogP contribution >= 0.6 is 11.6 Å². The summed E-state index contributed by atoms with van der Waals surface area (Å²) in [6, 6.07) is 4.86. The highest BCUT2D eigenvalue weighted by atomic mass is 35.5. The van der Waals surface area contributed by atoms with Crippen LogP contribution in [0, 0.1) is 0 Å². The van der Waals surface area contributed by atoms with Gasteiger partial charge in [0.05, 0.1) is 11.1 Å². The molecule has 0 amide bonds. The number of aliphatic hydroxyl groups excluding tert-OH is 1. The van der Waals surface area contributed by atoms with Gasteiger partial charge in [-0.05, 0) is 26.8 Å². The molecule has 0 aliphatic heterocycles. The maximum atomic E-state index is 9.93. The molecule has 0 heterocycles. The third-order valence-corrected chi connectivity index (χ3v) is 2.60. The van der Waals surface area contributed by atoms with Crippen molar-refractivity contribution in [3.8, 4) is 5.75 Å². The van der Waals surface area contributed by atoms with Crippen molar-refractivity contribution >= 4 is 11.6 Å². The number of phenols is 1. The van der Waals surface area contributed by atoms with Gasteiger partial charge in [0.2, 0.25) is 0 Å². The monoisotopic (exact) mass is 243 g/mol. The normalized spacial score (nSPS) is 13.8. The molecule has 0 saturated carbocycles. The standard InChI is InChI=1S/C12H18ClNO2/c1-12(2,3)14-7-10(16)8-5-4-6-9(15)11(8)13/h4-6,10,14-16H,7H2,1-3H3. The first-order valence-electron chi connectivity index (χ1n) is 5.22. The Bertz CT molecular complexity index is 361. The van der Waals surface area contributed by atoms with Gasteiger partial charge in [0.15, 0.2) is 0 Å². The van der Waals surface area contributed by atoms with Gasteiger partial charge in [-0.2, -0.15) is 0 Å². The molecule has 0 saturated heterocycles. The summed E-state index contributed by atoms with van der Waals surface area (Å²) in [4.78, 5) is 0. The Balaban J connectivity index is 2.73. The Morgan fingerprint density at radius 2 is 2.00 bits per heavy atom. The third kappa shape index (κ3) is 3.67. The molecule has 3 N–H and O–H groups in total. The summed E-state index contributed by atoms with van der Waals surface area (Å²) in [6.45, 7) is 6.45. The molecule has 1 aromatic rings. The topological polar surface area (TPSA) is 52.5 Å². The van der Waals surface area contributed by atoms with Crippen molar-refractivity contribution in [1.29, 1.82) is 0 Å². The molecular weight excluding hydrogens is 226 g/mol. The van der Waals surface area contributed by atoms with Gasteiger partial charge in [0.1, 0.15) is 5.75 Å². The summed E-state index contributed by atoms with van der Waals surface area (Å²) < 4.78 is 0. The van der Waals surface area contributed by atoms with Crippen LogP contribution in [-0.4, -0.2) is 22.3 Å². The number of hydrogen-bond donors (Lipinski definition) is 3. The van der Waals surface area contributed by atoms with Crippen molar-refractivity contribution in [3.63, 3.8) is 0 Å². The van der Waals surface area contributed by atoms with E-state index in [2.05, 4.69) is 5.32 Å². The summed E-state index contributed by atoms with van der Waals surface area (Å²) in [5.74, 6) is -0.00558. The second-order valence-electron chi connectivity index (χ2n) is 4.83. The second kappa shape index (κ2) is 5.04. The first-order chi connectivity index (χ1) is 7.31. The average molecular weight is 244 g/mol. The zero-order chi connectivity index (χ0) is 12.3. The average Bonchev–Trinajstić information content (AvgIpc) is 2.17. The van der Waals surface area contributed by atoms with Crippen LogP contribution in [0.25, 0.3) is 0 Å². The fourth-order valence-corrected chi connectivity index (χ4v) is 1.56. The largest absolute Gasteiger partial charge is 0.506 e. The molecule has 0 fully saturated rings. The van der Waals surface area contributed by atoms with Crippen LogP contribution in [0.1, 0.15) is 32.4 Å². The summed E-state index contributed by atoms with van der Waals surface area (Å²) in [7, 11) is 0. The zero-order valence-electron chi connectivity index (χ0n) is 9.79. The second-order valence-corrected chi connectivity index (χ2v) is 5.21. The van der Waals surface area contributed by atoms with Gasteiger partial charge in [-0.3, -0.25) is 0 Å². The zero-order valence-corrected chi connectivity index (χ0v) is 10.5. The highest BCUT2D eigenvalue weighted by molar-refractivity contribution is 6.32. The SMILES string of the molecule is CC(C)(C)NCC(O)c1cccc(O)c1Cl. The van der Waals surface area contributed by atoms with Gasteiger partial charge in [0.25, 0.3) is 0 Å². The molecule has 3 nitrogen and oxygen atoms in total. The number of hydrogen-bond acceptors (Lipinski definition) is 3. The maximum Gasteiger partial charge on any atom is 0.134 e. The van der Waals surface area contributed by atoms with Crippen molar-refractivity contribution in [1.82, 2.24) is 5.32 Å². The number of aliphatic hydroxyl groups is 1. The van der Waals surface area contributed by atoms with Gasteiger partial charge >= 0.3 is 0 Å². The van der Waals surface area contributed by atoms with E-state index in [0.717, 1.165) is 0 Å². The lowest BCUT2D eigenvalue weighted by Crippen LogP contribution is -2.38. The molecule has 0 radical (unpaired) electrons. The highest BCUT2D eigenvalue weighted by Crippen LogP contribution is 2.30. The molecule has 0 aliphatic carbocycles. The molecule has 16 heavy (non-hydrogen) atoms. The summed E-state index contributed by atoms with van der Waals surface area (Å²) >= 11 is 5.90. The van der Waals surface area contributed by atoms with Crippen molar-refractivity contribution in [2.24, 2.45) is 0 Å². The highest BCUT2D eigenvalue weighted by Gasteiger charge is 2.16. The first kappa shape index (κ1) is 13.3. The van der Waals surface area contributed by atoms with Crippen molar-refractivity contribution in [3.05, 3.63) is 28.8 Å². The minimum absolute atomic E-state index is 0.00558. The minimum atomic E-state index is -0.723. The minimum Gasteiger partial charge on any atom is -0.506 e. The summed E-state index contributed by atoms with van der Waals surface area (Å²) in [5.41, 5.74) is 0.475. The molecule has 90 valence electrons. The molecule has 0 aliphatic rings. The Kier molecular flexibility index (Phi) is 4.19. The molecule has 0 bridgehead atoms. The first-order valence-corrected chi connectivity index (χ1v) is 5.59. The van der Waals surface area contributed by atoms with E-state index in [-0.39, 0.29) is 16.3 Å². The van der Waals surface area contributed by atoms with Gasteiger partial charge in [-0.1, -0.05) is 23.7 Å². The van der Waals surface area contributed by atoms with E-state index in [9.17, 15) is 10.2 Å². The van der Waals surface area contributed by atoms with E-state index in [1.54, 1.807) is 12.1 Å². The van der Waals surface area contributed by atoms with Crippen LogP contribution in [0.3, 0.4) is 0 Å². The van der Waals surface area contributed by atoms with Gasteiger partial charge in [-0.15, -0.1) is 0 Å².